The molecule has 106 valence electrons. The van der Waals surface area contributed by atoms with Crippen molar-refractivity contribution in [1.82, 2.24) is 4.90 Å². The van der Waals surface area contributed by atoms with Crippen LogP contribution in [0.3, 0.4) is 0 Å². The molecule has 0 amide bonds. The molecule has 3 heteroatoms. The minimum Gasteiger partial charge on any atom is -0.330 e. The minimum absolute atomic E-state index is 0.144. The van der Waals surface area contributed by atoms with Gasteiger partial charge in [-0.3, -0.25) is 4.90 Å². The van der Waals surface area contributed by atoms with Gasteiger partial charge in [0.15, 0.2) is 0 Å². The van der Waals surface area contributed by atoms with Crippen molar-refractivity contribution in [1.29, 1.82) is 0 Å². The lowest BCUT2D eigenvalue weighted by Crippen LogP contribution is -2.36. The molecule has 0 aliphatic carbocycles. The second kappa shape index (κ2) is 7.01. The number of hydrogen-bond acceptors (Lipinski definition) is 2. The van der Waals surface area contributed by atoms with Crippen LogP contribution in [-0.2, 0) is 0 Å². The SMILES string of the molecule is CCCN1CCCCC(CN)C1c1cccc(F)c1. The first-order valence-electron chi connectivity index (χ1n) is 7.45. The van der Waals surface area contributed by atoms with Crippen LogP contribution in [0, 0.1) is 11.7 Å². The van der Waals surface area contributed by atoms with Crippen LogP contribution in [0.4, 0.5) is 4.39 Å². The Labute approximate surface area is 115 Å². The molecule has 1 aliphatic heterocycles. The Morgan fingerprint density at radius 3 is 2.89 bits per heavy atom. The van der Waals surface area contributed by atoms with Gasteiger partial charge in [-0.05, 0) is 62.5 Å². The van der Waals surface area contributed by atoms with Crippen LogP contribution in [0.1, 0.15) is 44.2 Å². The zero-order valence-electron chi connectivity index (χ0n) is 11.8. The van der Waals surface area contributed by atoms with Gasteiger partial charge < -0.3 is 5.73 Å². The van der Waals surface area contributed by atoms with E-state index < -0.39 is 0 Å². The predicted octanol–water partition coefficient (Wildman–Crippen LogP) is 3.34. The highest BCUT2D eigenvalue weighted by Crippen LogP contribution is 2.34. The van der Waals surface area contributed by atoms with E-state index in [1.807, 2.05) is 12.1 Å². The van der Waals surface area contributed by atoms with Crippen LogP contribution in [0.25, 0.3) is 0 Å². The van der Waals surface area contributed by atoms with Crippen LogP contribution in [-0.4, -0.2) is 24.5 Å². The molecular weight excluding hydrogens is 239 g/mol. The normalized spacial score (nSPS) is 25.2. The Bertz CT molecular complexity index is 394. The Kier molecular flexibility index (Phi) is 5.34. The number of nitrogens with two attached hydrogens (primary N) is 1. The maximum Gasteiger partial charge on any atom is 0.123 e. The van der Waals surface area contributed by atoms with Gasteiger partial charge in [-0.1, -0.05) is 25.5 Å². The molecule has 0 spiro atoms. The summed E-state index contributed by atoms with van der Waals surface area (Å²) in [5.74, 6) is 0.296. The molecule has 1 fully saturated rings. The number of rotatable bonds is 4. The van der Waals surface area contributed by atoms with Crippen LogP contribution < -0.4 is 5.73 Å². The third-order valence-corrected chi connectivity index (χ3v) is 4.11. The Hall–Kier alpha value is -0.930. The average Bonchev–Trinajstić information content (AvgIpc) is 2.61. The number of likely N-dealkylation sites (tertiary alicyclic amines) is 1. The highest BCUT2D eigenvalue weighted by atomic mass is 19.1. The van der Waals surface area contributed by atoms with E-state index in [4.69, 9.17) is 5.73 Å². The molecule has 1 saturated heterocycles. The molecule has 0 bridgehead atoms. The summed E-state index contributed by atoms with van der Waals surface area (Å²) in [7, 11) is 0. The molecule has 1 aromatic rings. The molecular formula is C16H25FN2. The Balaban J connectivity index is 2.31. The number of hydrogen-bond donors (Lipinski definition) is 1. The molecule has 2 rings (SSSR count). The predicted molar refractivity (Wildman–Crippen MR) is 77.4 cm³/mol. The van der Waals surface area contributed by atoms with Crippen molar-refractivity contribution in [3.63, 3.8) is 0 Å². The van der Waals surface area contributed by atoms with Gasteiger partial charge in [-0.2, -0.15) is 0 Å². The van der Waals surface area contributed by atoms with Crippen LogP contribution >= 0.6 is 0 Å². The summed E-state index contributed by atoms with van der Waals surface area (Å²) in [6.45, 7) is 5.05. The van der Waals surface area contributed by atoms with E-state index >= 15 is 0 Å². The van der Waals surface area contributed by atoms with Gasteiger partial charge in [0.2, 0.25) is 0 Å². The molecule has 0 radical (unpaired) electrons. The fourth-order valence-corrected chi connectivity index (χ4v) is 3.27. The largest absolute Gasteiger partial charge is 0.330 e. The molecule has 0 aromatic heterocycles. The topological polar surface area (TPSA) is 29.3 Å². The van der Waals surface area contributed by atoms with E-state index in [9.17, 15) is 4.39 Å². The maximum atomic E-state index is 13.5. The lowest BCUT2D eigenvalue weighted by Gasteiger charge is -2.35. The highest BCUT2D eigenvalue weighted by Gasteiger charge is 2.29. The molecule has 2 N–H and O–H groups in total. The number of halogens is 1. The van der Waals surface area contributed by atoms with E-state index in [1.54, 1.807) is 6.07 Å². The quantitative estimate of drug-likeness (QED) is 0.903. The summed E-state index contributed by atoms with van der Waals surface area (Å²) in [5, 5.41) is 0. The van der Waals surface area contributed by atoms with E-state index in [0.717, 1.165) is 31.5 Å². The molecule has 2 unspecified atom stereocenters. The lowest BCUT2D eigenvalue weighted by atomic mass is 9.89. The van der Waals surface area contributed by atoms with E-state index in [-0.39, 0.29) is 11.9 Å². The standard InChI is InChI=1S/C16H25FN2/c1-2-9-19-10-4-3-6-14(12-18)16(19)13-7-5-8-15(17)11-13/h5,7-8,11,14,16H,2-4,6,9-10,12,18H2,1H3. The third kappa shape index (κ3) is 3.54. The summed E-state index contributed by atoms with van der Waals surface area (Å²) in [6.07, 6.45) is 4.73. The molecule has 19 heavy (non-hydrogen) atoms. The fraction of sp³-hybridized carbons (Fsp3) is 0.625. The lowest BCUT2D eigenvalue weighted by molar-refractivity contribution is 0.158. The smallest absolute Gasteiger partial charge is 0.123 e. The zero-order valence-corrected chi connectivity index (χ0v) is 11.8. The van der Waals surface area contributed by atoms with Crippen LogP contribution in [0.15, 0.2) is 24.3 Å². The monoisotopic (exact) mass is 264 g/mol. The van der Waals surface area contributed by atoms with Gasteiger partial charge in [0.1, 0.15) is 5.82 Å². The molecule has 1 heterocycles. The third-order valence-electron chi connectivity index (χ3n) is 4.11. The van der Waals surface area contributed by atoms with Gasteiger partial charge in [-0.15, -0.1) is 0 Å². The number of nitrogens with zero attached hydrogens (tertiary/aromatic N) is 1. The van der Waals surface area contributed by atoms with Gasteiger partial charge in [0.05, 0.1) is 0 Å². The second-order valence-corrected chi connectivity index (χ2v) is 5.53. The Morgan fingerprint density at radius 2 is 2.21 bits per heavy atom. The van der Waals surface area contributed by atoms with Crippen molar-refractivity contribution >= 4 is 0 Å². The molecule has 2 nitrogen and oxygen atoms in total. The van der Waals surface area contributed by atoms with Gasteiger partial charge in [0.25, 0.3) is 0 Å². The molecule has 2 atom stereocenters. The van der Waals surface area contributed by atoms with Gasteiger partial charge in [-0.25, -0.2) is 4.39 Å². The van der Waals surface area contributed by atoms with Crippen LogP contribution in [0.5, 0.6) is 0 Å². The van der Waals surface area contributed by atoms with Gasteiger partial charge >= 0.3 is 0 Å². The zero-order chi connectivity index (χ0) is 13.7. The van der Waals surface area contributed by atoms with Crippen molar-refractivity contribution in [3.8, 4) is 0 Å². The summed E-state index contributed by atoms with van der Waals surface area (Å²) in [4.78, 5) is 2.50. The Morgan fingerprint density at radius 1 is 1.37 bits per heavy atom. The van der Waals surface area contributed by atoms with Crippen molar-refractivity contribution in [2.24, 2.45) is 11.7 Å². The summed E-state index contributed by atoms with van der Waals surface area (Å²) in [5.41, 5.74) is 7.07. The summed E-state index contributed by atoms with van der Waals surface area (Å²) in [6, 6.07) is 7.34. The summed E-state index contributed by atoms with van der Waals surface area (Å²) < 4.78 is 13.5. The van der Waals surface area contributed by atoms with E-state index in [0.29, 0.717) is 12.5 Å². The first kappa shape index (κ1) is 14.5. The van der Waals surface area contributed by atoms with Crippen molar-refractivity contribution in [2.75, 3.05) is 19.6 Å². The maximum absolute atomic E-state index is 13.5. The number of benzene rings is 1. The van der Waals surface area contributed by atoms with E-state index in [2.05, 4.69) is 11.8 Å². The fourth-order valence-electron chi connectivity index (χ4n) is 3.27. The van der Waals surface area contributed by atoms with E-state index in [1.165, 1.54) is 18.9 Å². The van der Waals surface area contributed by atoms with Crippen molar-refractivity contribution in [3.05, 3.63) is 35.6 Å². The average molecular weight is 264 g/mol. The molecule has 0 saturated carbocycles. The van der Waals surface area contributed by atoms with Gasteiger partial charge in [0, 0.05) is 6.04 Å². The highest BCUT2D eigenvalue weighted by molar-refractivity contribution is 5.21. The van der Waals surface area contributed by atoms with Crippen molar-refractivity contribution in [2.45, 2.75) is 38.6 Å². The van der Waals surface area contributed by atoms with Crippen LogP contribution in [0.2, 0.25) is 0 Å². The second-order valence-electron chi connectivity index (χ2n) is 5.53. The first-order chi connectivity index (χ1) is 9.26. The minimum atomic E-state index is -0.144. The molecule has 1 aliphatic rings. The summed E-state index contributed by atoms with van der Waals surface area (Å²) >= 11 is 0. The first-order valence-corrected chi connectivity index (χ1v) is 7.45. The van der Waals surface area contributed by atoms with Crippen molar-refractivity contribution < 1.29 is 4.39 Å². The molecule has 1 aromatic carbocycles.